The van der Waals surface area contributed by atoms with Gasteiger partial charge in [0, 0.05) is 31.5 Å². The van der Waals surface area contributed by atoms with Crippen LogP contribution in [0, 0.1) is 5.92 Å². The first-order valence-corrected chi connectivity index (χ1v) is 8.00. The van der Waals surface area contributed by atoms with Gasteiger partial charge in [-0.2, -0.15) is 0 Å². The van der Waals surface area contributed by atoms with E-state index in [9.17, 15) is 4.79 Å². The summed E-state index contributed by atoms with van der Waals surface area (Å²) in [5, 5.41) is 5.61. The molecule has 1 saturated carbocycles. The Morgan fingerprint density at radius 3 is 2.91 bits per heavy atom. The van der Waals surface area contributed by atoms with Crippen LogP contribution in [0.25, 0.3) is 0 Å². The van der Waals surface area contributed by atoms with Crippen LogP contribution in [0.4, 0.5) is 4.79 Å². The quantitative estimate of drug-likeness (QED) is 0.896. The molecule has 2 heterocycles. The van der Waals surface area contributed by atoms with Gasteiger partial charge in [-0.15, -0.1) is 0 Å². The smallest absolute Gasteiger partial charge is 0.315 e. The minimum absolute atomic E-state index is 0.0620. The summed E-state index contributed by atoms with van der Waals surface area (Å²) in [7, 11) is 0. The highest BCUT2D eigenvalue weighted by molar-refractivity contribution is 5.73. The molecule has 0 aromatic carbocycles. The molecule has 1 aliphatic carbocycles. The Bertz CT molecular complexity index is 480. The standard InChI is InChI=1S/C16H24N2O4/c1-12-2-5-16(6-3-12)21-11-14(22-16)9-18-15(19)17-8-13-4-7-20-10-13/h4,7,10,12,14H,2-3,5-6,8-9,11H2,1H3,(H2,17,18,19)/t12?,14-,16?/m1/s1. The maximum absolute atomic E-state index is 11.8. The molecule has 0 radical (unpaired) electrons. The summed E-state index contributed by atoms with van der Waals surface area (Å²) in [5.41, 5.74) is 0.936. The van der Waals surface area contributed by atoms with E-state index < -0.39 is 5.79 Å². The molecule has 1 atom stereocenters. The van der Waals surface area contributed by atoms with E-state index in [1.807, 2.05) is 6.07 Å². The Morgan fingerprint density at radius 1 is 1.36 bits per heavy atom. The van der Waals surface area contributed by atoms with Gasteiger partial charge in [-0.05, 0) is 24.8 Å². The number of hydrogen-bond donors (Lipinski definition) is 2. The van der Waals surface area contributed by atoms with Crippen LogP contribution in [-0.2, 0) is 16.0 Å². The van der Waals surface area contributed by atoms with Crippen molar-refractivity contribution in [1.29, 1.82) is 0 Å². The molecule has 6 nitrogen and oxygen atoms in total. The van der Waals surface area contributed by atoms with E-state index in [1.54, 1.807) is 12.5 Å². The third kappa shape index (κ3) is 3.81. The molecule has 0 bridgehead atoms. The number of nitrogens with one attached hydrogen (secondary N) is 2. The van der Waals surface area contributed by atoms with Gasteiger partial charge in [0.05, 0.1) is 19.1 Å². The average Bonchev–Trinajstić information content (AvgIpc) is 3.17. The molecule has 1 saturated heterocycles. The molecule has 2 fully saturated rings. The summed E-state index contributed by atoms with van der Waals surface area (Å²) < 4.78 is 16.9. The van der Waals surface area contributed by atoms with Crippen molar-refractivity contribution >= 4 is 6.03 Å². The van der Waals surface area contributed by atoms with Gasteiger partial charge >= 0.3 is 6.03 Å². The molecule has 2 amide bonds. The maximum atomic E-state index is 11.8. The third-order valence-electron chi connectivity index (χ3n) is 4.47. The number of carbonyl (C=O) groups is 1. The van der Waals surface area contributed by atoms with E-state index in [4.69, 9.17) is 13.9 Å². The topological polar surface area (TPSA) is 72.7 Å². The second-order valence-electron chi connectivity index (χ2n) is 6.34. The van der Waals surface area contributed by atoms with E-state index in [-0.39, 0.29) is 12.1 Å². The number of amides is 2. The van der Waals surface area contributed by atoms with Crippen LogP contribution in [0.5, 0.6) is 0 Å². The maximum Gasteiger partial charge on any atom is 0.315 e. The van der Waals surface area contributed by atoms with Crippen molar-refractivity contribution in [3.05, 3.63) is 24.2 Å². The predicted molar refractivity (Wildman–Crippen MR) is 80.1 cm³/mol. The minimum atomic E-state index is -0.397. The Balaban J connectivity index is 1.36. The van der Waals surface area contributed by atoms with Gasteiger partial charge < -0.3 is 24.5 Å². The van der Waals surface area contributed by atoms with Crippen molar-refractivity contribution < 1.29 is 18.7 Å². The van der Waals surface area contributed by atoms with Crippen molar-refractivity contribution in [2.75, 3.05) is 13.2 Å². The summed E-state index contributed by atoms with van der Waals surface area (Å²) in [6, 6.07) is 1.62. The molecule has 6 heteroatoms. The number of urea groups is 1. The molecule has 1 aliphatic heterocycles. The number of carbonyl (C=O) groups excluding carboxylic acids is 1. The van der Waals surface area contributed by atoms with Crippen molar-refractivity contribution in [3.8, 4) is 0 Å². The Labute approximate surface area is 130 Å². The fourth-order valence-electron chi connectivity index (χ4n) is 3.03. The summed E-state index contributed by atoms with van der Waals surface area (Å²) >= 11 is 0. The Hall–Kier alpha value is -1.53. The van der Waals surface area contributed by atoms with Crippen LogP contribution in [0.2, 0.25) is 0 Å². The molecule has 3 rings (SSSR count). The molecule has 2 N–H and O–H groups in total. The van der Waals surface area contributed by atoms with E-state index in [0.29, 0.717) is 19.7 Å². The average molecular weight is 308 g/mol. The van der Waals surface area contributed by atoms with Gasteiger partial charge in [0.25, 0.3) is 0 Å². The Morgan fingerprint density at radius 2 is 2.18 bits per heavy atom. The summed E-state index contributed by atoms with van der Waals surface area (Å²) in [6.07, 6.45) is 7.34. The first-order valence-electron chi connectivity index (χ1n) is 8.00. The molecule has 22 heavy (non-hydrogen) atoms. The SMILES string of the molecule is CC1CCC2(CC1)OC[C@@H](CNC(=O)NCc1ccoc1)O2. The molecule has 1 spiro atoms. The van der Waals surface area contributed by atoms with Gasteiger partial charge in [-0.25, -0.2) is 4.79 Å². The second-order valence-corrected chi connectivity index (χ2v) is 6.34. The molecule has 2 aliphatic rings. The van der Waals surface area contributed by atoms with Crippen LogP contribution >= 0.6 is 0 Å². The number of hydrogen-bond acceptors (Lipinski definition) is 4. The van der Waals surface area contributed by atoms with Gasteiger partial charge in [0.15, 0.2) is 5.79 Å². The lowest BCUT2D eigenvalue weighted by Crippen LogP contribution is -2.41. The fourth-order valence-corrected chi connectivity index (χ4v) is 3.03. The van der Waals surface area contributed by atoms with E-state index in [2.05, 4.69) is 17.6 Å². The van der Waals surface area contributed by atoms with Crippen LogP contribution in [0.1, 0.15) is 38.2 Å². The van der Waals surface area contributed by atoms with Gasteiger partial charge in [-0.3, -0.25) is 0 Å². The molecular formula is C16H24N2O4. The molecule has 122 valence electrons. The zero-order valence-electron chi connectivity index (χ0n) is 13.0. The minimum Gasteiger partial charge on any atom is -0.472 e. The molecule has 1 aromatic heterocycles. The van der Waals surface area contributed by atoms with Crippen LogP contribution < -0.4 is 10.6 Å². The first kappa shape index (κ1) is 15.4. The van der Waals surface area contributed by atoms with Crippen molar-refractivity contribution in [3.63, 3.8) is 0 Å². The number of furan rings is 1. The van der Waals surface area contributed by atoms with Crippen molar-refractivity contribution in [1.82, 2.24) is 10.6 Å². The highest BCUT2D eigenvalue weighted by atomic mass is 16.7. The Kier molecular flexibility index (Phi) is 4.69. The van der Waals surface area contributed by atoms with Crippen LogP contribution in [0.15, 0.2) is 23.0 Å². The highest BCUT2D eigenvalue weighted by Crippen LogP contribution is 2.39. The lowest BCUT2D eigenvalue weighted by molar-refractivity contribution is -0.191. The van der Waals surface area contributed by atoms with Gasteiger partial charge in [0.1, 0.15) is 6.10 Å². The zero-order valence-corrected chi connectivity index (χ0v) is 13.0. The molecule has 1 aromatic rings. The fraction of sp³-hybridized carbons (Fsp3) is 0.688. The summed E-state index contributed by atoms with van der Waals surface area (Å²) in [5.74, 6) is 0.357. The van der Waals surface area contributed by atoms with Crippen LogP contribution in [0.3, 0.4) is 0 Å². The third-order valence-corrected chi connectivity index (χ3v) is 4.47. The lowest BCUT2D eigenvalue weighted by atomic mass is 9.86. The van der Waals surface area contributed by atoms with E-state index in [0.717, 1.165) is 37.2 Å². The zero-order chi connectivity index (χ0) is 15.4. The van der Waals surface area contributed by atoms with Crippen molar-refractivity contribution in [2.24, 2.45) is 5.92 Å². The second kappa shape index (κ2) is 6.71. The predicted octanol–water partition coefficient (Wildman–Crippen LogP) is 2.40. The molecule has 0 unspecified atom stereocenters. The number of rotatable bonds is 4. The normalized spacial score (nSPS) is 31.3. The molecular weight excluding hydrogens is 284 g/mol. The van der Waals surface area contributed by atoms with Gasteiger partial charge in [-0.1, -0.05) is 6.92 Å². The lowest BCUT2D eigenvalue weighted by Gasteiger charge is -2.34. The summed E-state index contributed by atoms with van der Waals surface area (Å²) in [6.45, 7) is 3.74. The highest BCUT2D eigenvalue weighted by Gasteiger charge is 2.43. The van der Waals surface area contributed by atoms with Crippen LogP contribution in [-0.4, -0.2) is 31.1 Å². The van der Waals surface area contributed by atoms with E-state index >= 15 is 0 Å². The van der Waals surface area contributed by atoms with Crippen molar-refractivity contribution in [2.45, 2.75) is 51.0 Å². The van der Waals surface area contributed by atoms with E-state index in [1.165, 1.54) is 0 Å². The largest absolute Gasteiger partial charge is 0.472 e. The number of ether oxygens (including phenoxy) is 2. The van der Waals surface area contributed by atoms with Gasteiger partial charge in [0.2, 0.25) is 0 Å². The summed E-state index contributed by atoms with van der Waals surface area (Å²) in [4.78, 5) is 11.8. The monoisotopic (exact) mass is 308 g/mol. The first-order chi connectivity index (χ1) is 10.7.